The molecule has 5 aromatic rings. The van der Waals surface area contributed by atoms with Crippen molar-refractivity contribution in [2.45, 2.75) is 11.4 Å². The lowest BCUT2D eigenvalue weighted by atomic mass is 10.0. The summed E-state index contributed by atoms with van der Waals surface area (Å²) < 4.78 is 30.2. The summed E-state index contributed by atoms with van der Waals surface area (Å²) in [5, 5.41) is 7.49. The van der Waals surface area contributed by atoms with Crippen LogP contribution in [0, 0.1) is 0 Å². The molecule has 0 radical (unpaired) electrons. The highest BCUT2D eigenvalue weighted by Crippen LogP contribution is 2.23. The third kappa shape index (κ3) is 3.40. The van der Waals surface area contributed by atoms with Gasteiger partial charge >= 0.3 is 0 Å². The summed E-state index contributed by atoms with van der Waals surface area (Å²) in [6.45, 7) is 0.541. The van der Waals surface area contributed by atoms with Crippen LogP contribution in [0.1, 0.15) is 5.56 Å². The number of para-hydroxylation sites is 1. The van der Waals surface area contributed by atoms with Crippen LogP contribution in [0.15, 0.2) is 96.2 Å². The number of hydrogen-bond acceptors (Lipinski definition) is 4. The summed E-state index contributed by atoms with van der Waals surface area (Å²) in [5.74, 6) is 0.267. The highest BCUT2D eigenvalue weighted by Gasteiger charge is 2.19. The first kappa shape index (κ1) is 18.3. The monoisotopic (exact) mass is 414 g/mol. The molecular weight excluding hydrogens is 396 g/mol. The smallest absolute Gasteiger partial charge is 0.265 e. The minimum atomic E-state index is -3.82. The maximum Gasteiger partial charge on any atom is 0.265 e. The molecule has 0 aliphatic carbocycles. The van der Waals surface area contributed by atoms with Crippen molar-refractivity contribution in [3.05, 3.63) is 96.8 Å². The van der Waals surface area contributed by atoms with Gasteiger partial charge in [-0.1, -0.05) is 60.7 Å². The molecule has 0 saturated carbocycles. The second-order valence-corrected chi connectivity index (χ2v) is 8.62. The van der Waals surface area contributed by atoms with Gasteiger partial charge in [-0.05, 0) is 28.5 Å². The fraction of sp³-hybridized carbons (Fsp3) is 0.0435. The number of pyridine rings is 1. The number of anilines is 1. The zero-order valence-corrected chi connectivity index (χ0v) is 16.8. The van der Waals surface area contributed by atoms with E-state index < -0.39 is 10.0 Å². The Labute approximate surface area is 173 Å². The van der Waals surface area contributed by atoms with Crippen LogP contribution in [-0.4, -0.2) is 23.2 Å². The van der Waals surface area contributed by atoms with Crippen molar-refractivity contribution in [1.82, 2.24) is 14.8 Å². The van der Waals surface area contributed by atoms with Crippen LogP contribution in [0.5, 0.6) is 0 Å². The van der Waals surface area contributed by atoms with Crippen molar-refractivity contribution in [3.8, 4) is 0 Å². The van der Waals surface area contributed by atoms with Crippen molar-refractivity contribution in [3.63, 3.8) is 0 Å². The number of hydrogen-bond donors (Lipinski definition) is 1. The first-order valence-corrected chi connectivity index (χ1v) is 11.0. The highest BCUT2D eigenvalue weighted by molar-refractivity contribution is 7.93. The highest BCUT2D eigenvalue weighted by atomic mass is 32.2. The molecule has 0 unspecified atom stereocenters. The van der Waals surface area contributed by atoms with Gasteiger partial charge in [-0.2, -0.15) is 5.10 Å². The zero-order chi connectivity index (χ0) is 20.6. The van der Waals surface area contributed by atoms with Crippen LogP contribution in [0.4, 0.5) is 5.82 Å². The van der Waals surface area contributed by atoms with Crippen LogP contribution in [0.3, 0.4) is 0 Å². The van der Waals surface area contributed by atoms with E-state index in [2.05, 4.69) is 39.1 Å². The van der Waals surface area contributed by atoms with Crippen LogP contribution >= 0.6 is 0 Å². The lowest BCUT2D eigenvalue weighted by molar-refractivity contribution is 0.601. The third-order valence-corrected chi connectivity index (χ3v) is 6.36. The van der Waals surface area contributed by atoms with Crippen LogP contribution in [0.25, 0.3) is 21.7 Å². The van der Waals surface area contributed by atoms with Gasteiger partial charge in [-0.25, -0.2) is 8.42 Å². The largest absolute Gasteiger partial charge is 0.266 e. The average molecular weight is 414 g/mol. The molecule has 30 heavy (non-hydrogen) atoms. The molecule has 0 amide bonds. The molecule has 5 rings (SSSR count). The normalized spacial score (nSPS) is 11.7. The number of aromatic nitrogens is 3. The van der Waals surface area contributed by atoms with E-state index in [-0.39, 0.29) is 10.7 Å². The van der Waals surface area contributed by atoms with Crippen LogP contribution in [0.2, 0.25) is 0 Å². The Morgan fingerprint density at radius 1 is 0.833 bits per heavy atom. The Kier molecular flexibility index (Phi) is 4.44. The van der Waals surface area contributed by atoms with Crippen molar-refractivity contribution in [2.24, 2.45) is 0 Å². The predicted octanol–water partition coefficient (Wildman–Crippen LogP) is 4.43. The number of benzene rings is 3. The van der Waals surface area contributed by atoms with Gasteiger partial charge in [0.05, 0.1) is 12.1 Å². The molecule has 6 nitrogen and oxygen atoms in total. The van der Waals surface area contributed by atoms with Gasteiger partial charge in [0, 0.05) is 23.8 Å². The summed E-state index contributed by atoms with van der Waals surface area (Å²) in [6, 6.07) is 24.6. The number of nitrogens with zero attached hydrogens (tertiary/aromatic N) is 3. The van der Waals surface area contributed by atoms with Gasteiger partial charge < -0.3 is 0 Å². The SMILES string of the molecule is O=S(=O)(Nc1ccn(Cc2cccc3ccccc23)n1)c1cccc2cccnc12. The lowest BCUT2D eigenvalue weighted by Crippen LogP contribution is -2.14. The third-order valence-electron chi connectivity index (χ3n) is 4.98. The fourth-order valence-electron chi connectivity index (χ4n) is 3.59. The average Bonchev–Trinajstić information content (AvgIpc) is 3.19. The molecule has 2 aromatic heterocycles. The number of rotatable bonds is 5. The van der Waals surface area contributed by atoms with E-state index in [0.717, 1.165) is 21.7 Å². The van der Waals surface area contributed by atoms with Crippen molar-refractivity contribution >= 4 is 37.5 Å². The molecule has 0 fully saturated rings. The Balaban J connectivity index is 1.43. The fourth-order valence-corrected chi connectivity index (χ4v) is 4.77. The minimum absolute atomic E-state index is 0.129. The topological polar surface area (TPSA) is 76.9 Å². The minimum Gasteiger partial charge on any atom is -0.266 e. The van der Waals surface area contributed by atoms with Gasteiger partial charge in [0.1, 0.15) is 4.90 Å². The quantitative estimate of drug-likeness (QED) is 0.461. The van der Waals surface area contributed by atoms with Gasteiger partial charge in [0.25, 0.3) is 10.0 Å². The second-order valence-electron chi connectivity index (χ2n) is 6.97. The second kappa shape index (κ2) is 7.27. The van der Waals surface area contributed by atoms with E-state index in [4.69, 9.17) is 0 Å². The van der Waals surface area contributed by atoms with Crippen LogP contribution in [-0.2, 0) is 16.6 Å². The van der Waals surface area contributed by atoms with Gasteiger partial charge in [-0.3, -0.25) is 14.4 Å². The molecule has 0 aliphatic rings. The summed E-state index contributed by atoms with van der Waals surface area (Å²) in [5.41, 5.74) is 1.55. The van der Waals surface area contributed by atoms with Gasteiger partial charge in [-0.15, -0.1) is 0 Å². The molecule has 2 heterocycles. The molecule has 0 spiro atoms. The summed E-state index contributed by atoms with van der Waals surface area (Å²) in [4.78, 5) is 4.36. The summed E-state index contributed by atoms with van der Waals surface area (Å²) >= 11 is 0. The maximum atomic E-state index is 13.0. The Bertz CT molecular complexity index is 1460. The lowest BCUT2D eigenvalue weighted by Gasteiger charge is -2.08. The van der Waals surface area contributed by atoms with Crippen LogP contribution < -0.4 is 4.72 Å². The van der Waals surface area contributed by atoms with E-state index in [1.165, 1.54) is 0 Å². The number of sulfonamides is 1. The molecule has 0 saturated heterocycles. The number of fused-ring (bicyclic) bond motifs is 2. The number of nitrogens with one attached hydrogen (secondary N) is 1. The molecule has 3 aromatic carbocycles. The molecule has 148 valence electrons. The molecule has 1 N–H and O–H groups in total. The van der Waals surface area contributed by atoms with Gasteiger partial charge in [0.15, 0.2) is 5.82 Å². The molecule has 7 heteroatoms. The van der Waals surface area contributed by atoms with Crippen molar-refractivity contribution in [1.29, 1.82) is 0 Å². The van der Waals surface area contributed by atoms with E-state index >= 15 is 0 Å². The van der Waals surface area contributed by atoms with E-state index in [0.29, 0.717) is 12.1 Å². The standard InChI is InChI=1S/C23H18N4O2S/c28-30(29,21-12-4-8-18-10-5-14-24-23(18)21)26-22-13-15-27(25-22)16-19-9-3-7-17-6-1-2-11-20(17)19/h1-15H,16H2,(H,25,26). The van der Waals surface area contributed by atoms with E-state index in [1.54, 1.807) is 41.3 Å². The first-order chi connectivity index (χ1) is 14.6. The van der Waals surface area contributed by atoms with E-state index in [9.17, 15) is 8.42 Å². The molecular formula is C23H18N4O2S. The summed E-state index contributed by atoms with van der Waals surface area (Å²) in [6.07, 6.45) is 3.35. The van der Waals surface area contributed by atoms with Crippen molar-refractivity contribution < 1.29 is 8.42 Å². The zero-order valence-electron chi connectivity index (χ0n) is 15.9. The molecule has 0 bridgehead atoms. The Morgan fingerprint density at radius 2 is 1.60 bits per heavy atom. The van der Waals surface area contributed by atoms with E-state index in [1.807, 2.05) is 30.3 Å². The predicted molar refractivity (Wildman–Crippen MR) is 118 cm³/mol. The maximum absolute atomic E-state index is 13.0. The summed E-state index contributed by atoms with van der Waals surface area (Å²) in [7, 11) is -3.82. The molecule has 0 aliphatic heterocycles. The Hall–Kier alpha value is -3.71. The Morgan fingerprint density at radius 3 is 2.53 bits per heavy atom. The van der Waals surface area contributed by atoms with Gasteiger partial charge in [0.2, 0.25) is 0 Å². The first-order valence-electron chi connectivity index (χ1n) is 9.47. The van der Waals surface area contributed by atoms with Crippen molar-refractivity contribution in [2.75, 3.05) is 4.72 Å². The molecule has 0 atom stereocenters.